The number of ether oxygens (including phenoxy) is 3. The Hall–Kier alpha value is -3.20. The molecular formula is C23H20O3. The van der Waals surface area contributed by atoms with Gasteiger partial charge >= 0.3 is 0 Å². The lowest BCUT2D eigenvalue weighted by molar-refractivity contribution is 0.279. The third kappa shape index (κ3) is 3.42. The van der Waals surface area contributed by atoms with E-state index < -0.39 is 0 Å². The summed E-state index contributed by atoms with van der Waals surface area (Å²) in [5.41, 5.74) is 4.39. The minimum absolute atomic E-state index is 0.504. The van der Waals surface area contributed by atoms with Gasteiger partial charge in [-0.3, -0.25) is 0 Å². The predicted octanol–water partition coefficient (Wildman–Crippen LogP) is 5.30. The first-order chi connectivity index (χ1) is 12.8. The molecule has 3 nitrogen and oxygen atoms in total. The average molecular weight is 344 g/mol. The summed E-state index contributed by atoms with van der Waals surface area (Å²) in [6.45, 7) is 1.04. The van der Waals surface area contributed by atoms with E-state index in [9.17, 15) is 0 Å². The van der Waals surface area contributed by atoms with Crippen molar-refractivity contribution in [3.05, 3.63) is 95.1 Å². The molecule has 0 spiro atoms. The summed E-state index contributed by atoms with van der Waals surface area (Å²) in [7, 11) is 1.66. The van der Waals surface area contributed by atoms with Crippen LogP contribution >= 0.6 is 0 Å². The van der Waals surface area contributed by atoms with E-state index in [1.807, 2.05) is 60.7 Å². The third-order valence-corrected chi connectivity index (χ3v) is 4.37. The summed E-state index contributed by atoms with van der Waals surface area (Å²) in [6.07, 6.45) is 2.05. The van der Waals surface area contributed by atoms with Crippen LogP contribution in [-0.2, 0) is 18.0 Å². The Kier molecular flexibility index (Phi) is 4.61. The predicted molar refractivity (Wildman–Crippen MR) is 103 cm³/mol. The molecule has 3 aromatic carbocycles. The maximum Gasteiger partial charge on any atom is 0.162 e. The van der Waals surface area contributed by atoms with Crippen molar-refractivity contribution in [1.29, 1.82) is 0 Å². The second kappa shape index (κ2) is 7.36. The molecule has 0 saturated heterocycles. The Labute approximate surface area is 153 Å². The van der Waals surface area contributed by atoms with Gasteiger partial charge in [0.25, 0.3) is 0 Å². The Morgan fingerprint density at radius 3 is 2.38 bits per heavy atom. The van der Waals surface area contributed by atoms with Gasteiger partial charge in [0.15, 0.2) is 11.5 Å². The molecule has 3 heteroatoms. The van der Waals surface area contributed by atoms with E-state index in [1.54, 1.807) is 7.11 Å². The fourth-order valence-corrected chi connectivity index (χ4v) is 3.01. The van der Waals surface area contributed by atoms with E-state index in [-0.39, 0.29) is 0 Å². The zero-order valence-corrected chi connectivity index (χ0v) is 14.6. The highest BCUT2D eigenvalue weighted by molar-refractivity contribution is 5.81. The van der Waals surface area contributed by atoms with E-state index in [0.717, 1.165) is 33.8 Å². The van der Waals surface area contributed by atoms with Gasteiger partial charge in [-0.1, -0.05) is 60.7 Å². The highest BCUT2D eigenvalue weighted by Crippen LogP contribution is 2.39. The lowest BCUT2D eigenvalue weighted by Crippen LogP contribution is -1.99. The number of fused-ring (bicyclic) bond motifs is 1. The van der Waals surface area contributed by atoms with Crippen molar-refractivity contribution in [1.82, 2.24) is 0 Å². The van der Waals surface area contributed by atoms with Crippen LogP contribution in [-0.4, -0.2) is 7.11 Å². The lowest BCUT2D eigenvalue weighted by Gasteiger charge is -2.12. The Balaban J connectivity index is 1.61. The normalized spacial score (nSPS) is 14.0. The first-order valence-corrected chi connectivity index (χ1v) is 8.61. The third-order valence-electron chi connectivity index (χ3n) is 4.37. The quantitative estimate of drug-likeness (QED) is 0.628. The Morgan fingerprint density at radius 1 is 0.923 bits per heavy atom. The summed E-state index contributed by atoms with van der Waals surface area (Å²) in [5, 5.41) is 0. The Bertz CT molecular complexity index is 915. The topological polar surface area (TPSA) is 27.7 Å². The van der Waals surface area contributed by atoms with Gasteiger partial charge in [-0.2, -0.15) is 0 Å². The van der Waals surface area contributed by atoms with Crippen molar-refractivity contribution >= 4 is 11.8 Å². The highest BCUT2D eigenvalue weighted by atomic mass is 16.5. The summed E-state index contributed by atoms with van der Waals surface area (Å²) >= 11 is 0. The van der Waals surface area contributed by atoms with Crippen molar-refractivity contribution in [2.75, 3.05) is 7.11 Å². The summed E-state index contributed by atoms with van der Waals surface area (Å²) in [5.74, 6) is 2.31. The molecule has 0 radical (unpaired) electrons. The van der Waals surface area contributed by atoms with Gasteiger partial charge < -0.3 is 14.2 Å². The molecule has 0 aliphatic carbocycles. The van der Waals surface area contributed by atoms with Crippen LogP contribution in [0.15, 0.2) is 72.8 Å². The minimum Gasteiger partial charge on any atom is -0.493 e. The first-order valence-electron chi connectivity index (χ1n) is 8.61. The smallest absolute Gasteiger partial charge is 0.162 e. The molecule has 1 aliphatic heterocycles. The van der Waals surface area contributed by atoms with E-state index in [1.165, 1.54) is 0 Å². The second-order valence-electron chi connectivity index (χ2n) is 6.14. The van der Waals surface area contributed by atoms with Gasteiger partial charge in [0.1, 0.15) is 19.0 Å². The molecule has 1 heterocycles. The minimum atomic E-state index is 0.504. The van der Waals surface area contributed by atoms with Crippen LogP contribution in [0.5, 0.6) is 11.5 Å². The standard InChI is InChI=1S/C23H20O3/c1-24-22-14-20-19(13-23(22)25-15-18-10-6-3-7-11-18)16-26-21(20)12-17-8-4-2-5-9-17/h2-14H,15-16H2,1H3/b21-12-. The fourth-order valence-electron chi connectivity index (χ4n) is 3.01. The molecule has 0 aromatic heterocycles. The number of hydrogen-bond acceptors (Lipinski definition) is 3. The number of methoxy groups -OCH3 is 1. The molecule has 0 saturated carbocycles. The second-order valence-corrected chi connectivity index (χ2v) is 6.14. The molecule has 0 N–H and O–H groups in total. The highest BCUT2D eigenvalue weighted by Gasteiger charge is 2.21. The van der Waals surface area contributed by atoms with Gasteiger partial charge in [0, 0.05) is 11.1 Å². The van der Waals surface area contributed by atoms with Crippen molar-refractivity contribution in [3.8, 4) is 11.5 Å². The molecule has 0 fully saturated rings. The molecule has 1 aliphatic rings. The molecule has 26 heavy (non-hydrogen) atoms. The fraction of sp³-hybridized carbons (Fsp3) is 0.130. The molecule has 3 aromatic rings. The van der Waals surface area contributed by atoms with Gasteiger partial charge in [-0.25, -0.2) is 0 Å². The molecule has 0 atom stereocenters. The summed E-state index contributed by atoms with van der Waals surface area (Å²) in [6, 6.07) is 24.3. The van der Waals surface area contributed by atoms with Crippen molar-refractivity contribution < 1.29 is 14.2 Å². The zero-order chi connectivity index (χ0) is 17.8. The van der Waals surface area contributed by atoms with E-state index in [2.05, 4.69) is 18.2 Å². The molecule has 4 rings (SSSR count). The molecule has 0 amide bonds. The maximum atomic E-state index is 5.99. The SMILES string of the molecule is COc1cc2c(cc1OCc1ccccc1)CO/C2=C\c1ccccc1. The van der Waals surface area contributed by atoms with Crippen LogP contribution in [0.25, 0.3) is 11.8 Å². The van der Waals surface area contributed by atoms with E-state index in [4.69, 9.17) is 14.2 Å². The van der Waals surface area contributed by atoms with Crippen molar-refractivity contribution in [2.45, 2.75) is 13.2 Å². The molecular weight excluding hydrogens is 324 g/mol. The summed E-state index contributed by atoms with van der Waals surface area (Å²) < 4.78 is 17.4. The van der Waals surface area contributed by atoms with Crippen molar-refractivity contribution in [3.63, 3.8) is 0 Å². The van der Waals surface area contributed by atoms with E-state index >= 15 is 0 Å². The monoisotopic (exact) mass is 344 g/mol. The number of benzene rings is 3. The van der Waals surface area contributed by atoms with Crippen LogP contribution in [0.2, 0.25) is 0 Å². The largest absolute Gasteiger partial charge is 0.493 e. The zero-order valence-electron chi connectivity index (χ0n) is 14.6. The van der Waals surface area contributed by atoms with Crippen molar-refractivity contribution in [2.24, 2.45) is 0 Å². The van der Waals surface area contributed by atoms with Gasteiger partial charge in [-0.15, -0.1) is 0 Å². The van der Waals surface area contributed by atoms with Crippen LogP contribution in [0.1, 0.15) is 22.3 Å². The molecule has 130 valence electrons. The van der Waals surface area contributed by atoms with Crippen LogP contribution in [0.3, 0.4) is 0 Å². The lowest BCUT2D eigenvalue weighted by atomic mass is 10.1. The summed E-state index contributed by atoms with van der Waals surface area (Å²) in [4.78, 5) is 0. The average Bonchev–Trinajstić information content (AvgIpc) is 3.08. The number of hydrogen-bond donors (Lipinski definition) is 0. The van der Waals surface area contributed by atoms with Crippen LogP contribution in [0.4, 0.5) is 0 Å². The molecule has 0 unspecified atom stereocenters. The number of rotatable bonds is 5. The van der Waals surface area contributed by atoms with E-state index in [0.29, 0.717) is 19.0 Å². The van der Waals surface area contributed by atoms with Gasteiger partial charge in [-0.05, 0) is 29.3 Å². The van der Waals surface area contributed by atoms with Crippen LogP contribution in [0, 0.1) is 0 Å². The van der Waals surface area contributed by atoms with Gasteiger partial charge in [0.05, 0.1) is 7.11 Å². The molecule has 0 bridgehead atoms. The Morgan fingerprint density at radius 2 is 1.65 bits per heavy atom. The van der Waals surface area contributed by atoms with Crippen LogP contribution < -0.4 is 9.47 Å². The van der Waals surface area contributed by atoms with Gasteiger partial charge in [0.2, 0.25) is 0 Å². The maximum absolute atomic E-state index is 5.99. The first kappa shape index (κ1) is 16.3.